The molecule has 0 aromatic heterocycles. The molecule has 2 rings (SSSR count). The highest BCUT2D eigenvalue weighted by molar-refractivity contribution is 6.24. The molecule has 0 heterocycles. The molecule has 0 N–H and O–H groups in total. The molecule has 0 fully saturated rings. The minimum Gasteiger partial charge on any atom is -0.347 e. The molecule has 0 spiro atoms. The van der Waals surface area contributed by atoms with Crippen molar-refractivity contribution in [2.24, 2.45) is 0 Å². The van der Waals surface area contributed by atoms with Crippen molar-refractivity contribution in [2.45, 2.75) is 13.3 Å². The van der Waals surface area contributed by atoms with Crippen LogP contribution in [0.2, 0.25) is 0 Å². The molecule has 0 amide bonds. The van der Waals surface area contributed by atoms with Crippen molar-refractivity contribution >= 4 is 17.1 Å². The zero-order valence-corrected chi connectivity index (χ0v) is 11.7. The number of carbonyl (C=O) groups is 1. The van der Waals surface area contributed by atoms with Gasteiger partial charge in [-0.1, -0.05) is 67.6 Å². The smallest absolute Gasteiger partial charge is 0.347 e. The van der Waals surface area contributed by atoms with Crippen molar-refractivity contribution in [3.8, 4) is 6.26 Å². The Kier molecular flexibility index (Phi) is 4.89. The SMILES string of the molecule is CCC(=C(C(=O)OC#N)c1ccccc1)c1ccccc1. The van der Waals surface area contributed by atoms with Crippen LogP contribution in [-0.4, -0.2) is 5.97 Å². The molecule has 0 saturated heterocycles. The Morgan fingerprint density at radius 3 is 2.00 bits per heavy atom. The van der Waals surface area contributed by atoms with E-state index in [0.29, 0.717) is 12.0 Å². The van der Waals surface area contributed by atoms with E-state index in [0.717, 1.165) is 16.7 Å². The van der Waals surface area contributed by atoms with Gasteiger partial charge in [0.2, 0.25) is 0 Å². The van der Waals surface area contributed by atoms with E-state index >= 15 is 0 Å². The summed E-state index contributed by atoms with van der Waals surface area (Å²) in [5, 5.41) is 8.64. The second-order valence-corrected chi connectivity index (χ2v) is 4.42. The third-order valence-corrected chi connectivity index (χ3v) is 3.18. The lowest BCUT2D eigenvalue weighted by Crippen LogP contribution is -2.06. The number of nitrogens with zero attached hydrogens (tertiary/aromatic N) is 1. The second kappa shape index (κ2) is 7.06. The molecule has 21 heavy (non-hydrogen) atoms. The van der Waals surface area contributed by atoms with Crippen LogP contribution in [0.15, 0.2) is 60.7 Å². The second-order valence-electron chi connectivity index (χ2n) is 4.42. The fourth-order valence-corrected chi connectivity index (χ4v) is 2.28. The summed E-state index contributed by atoms with van der Waals surface area (Å²) in [5.41, 5.74) is 3.00. The van der Waals surface area contributed by atoms with Crippen molar-refractivity contribution in [2.75, 3.05) is 0 Å². The number of ether oxygens (including phenoxy) is 1. The van der Waals surface area contributed by atoms with Crippen LogP contribution in [0.5, 0.6) is 0 Å². The maximum absolute atomic E-state index is 12.2. The average Bonchev–Trinajstić information content (AvgIpc) is 2.54. The van der Waals surface area contributed by atoms with Gasteiger partial charge in [0, 0.05) is 0 Å². The molecule has 0 unspecified atom stereocenters. The van der Waals surface area contributed by atoms with Gasteiger partial charge in [0.1, 0.15) is 0 Å². The Bertz CT molecular complexity index is 682. The van der Waals surface area contributed by atoms with Gasteiger partial charge in [-0.2, -0.15) is 0 Å². The number of carbonyl (C=O) groups excluding carboxylic acids is 1. The first kappa shape index (κ1) is 14.5. The summed E-state index contributed by atoms with van der Waals surface area (Å²) >= 11 is 0. The van der Waals surface area contributed by atoms with Gasteiger partial charge in [0.15, 0.2) is 0 Å². The van der Waals surface area contributed by atoms with Crippen molar-refractivity contribution in [3.05, 3.63) is 71.8 Å². The molecular weight excluding hydrogens is 262 g/mol. The number of nitriles is 1. The van der Waals surface area contributed by atoms with Gasteiger partial charge in [-0.3, -0.25) is 0 Å². The molecule has 0 aliphatic heterocycles. The quantitative estimate of drug-likeness (QED) is 0.367. The third kappa shape index (κ3) is 3.37. The molecular formula is C18H15NO2. The van der Waals surface area contributed by atoms with Crippen LogP contribution in [0.1, 0.15) is 24.5 Å². The van der Waals surface area contributed by atoms with Crippen LogP contribution >= 0.6 is 0 Å². The number of esters is 1. The van der Waals surface area contributed by atoms with E-state index in [2.05, 4.69) is 4.74 Å². The van der Waals surface area contributed by atoms with Crippen LogP contribution in [0.3, 0.4) is 0 Å². The molecule has 0 aliphatic rings. The zero-order valence-electron chi connectivity index (χ0n) is 11.7. The van der Waals surface area contributed by atoms with Gasteiger partial charge >= 0.3 is 5.97 Å². The molecule has 0 aliphatic carbocycles. The summed E-state index contributed by atoms with van der Waals surface area (Å²) < 4.78 is 4.57. The number of rotatable bonds is 4. The Balaban J connectivity index is 2.64. The van der Waals surface area contributed by atoms with Crippen LogP contribution in [0.4, 0.5) is 0 Å². The van der Waals surface area contributed by atoms with Crippen molar-refractivity contribution in [3.63, 3.8) is 0 Å². The van der Waals surface area contributed by atoms with Gasteiger partial charge in [-0.25, -0.2) is 4.79 Å². The first-order valence-corrected chi connectivity index (χ1v) is 6.72. The number of benzene rings is 2. The minimum absolute atomic E-state index is 0.436. The first-order chi connectivity index (χ1) is 10.3. The van der Waals surface area contributed by atoms with E-state index in [9.17, 15) is 4.79 Å². The maximum atomic E-state index is 12.2. The zero-order chi connectivity index (χ0) is 15.1. The Hall–Kier alpha value is -2.86. The summed E-state index contributed by atoms with van der Waals surface area (Å²) in [6.45, 7) is 1.98. The van der Waals surface area contributed by atoms with E-state index in [4.69, 9.17) is 5.26 Å². The van der Waals surface area contributed by atoms with Crippen LogP contribution in [0.25, 0.3) is 11.1 Å². The molecule has 3 heteroatoms. The molecule has 2 aromatic carbocycles. The number of allylic oxidation sites excluding steroid dienone is 1. The van der Waals surface area contributed by atoms with E-state index < -0.39 is 5.97 Å². The summed E-state index contributed by atoms with van der Waals surface area (Å²) in [7, 11) is 0. The molecule has 3 nitrogen and oxygen atoms in total. The predicted molar refractivity (Wildman–Crippen MR) is 81.7 cm³/mol. The summed E-state index contributed by atoms with van der Waals surface area (Å²) in [4.78, 5) is 12.2. The number of hydrogen-bond donors (Lipinski definition) is 0. The van der Waals surface area contributed by atoms with Crippen molar-refractivity contribution in [1.82, 2.24) is 0 Å². The fraction of sp³-hybridized carbons (Fsp3) is 0.111. The molecule has 2 aromatic rings. The van der Waals surface area contributed by atoms with Crippen molar-refractivity contribution in [1.29, 1.82) is 5.26 Å². The van der Waals surface area contributed by atoms with Gasteiger partial charge in [-0.05, 0) is 23.1 Å². The highest BCUT2D eigenvalue weighted by Gasteiger charge is 2.19. The fourth-order valence-electron chi connectivity index (χ4n) is 2.28. The molecule has 0 atom stereocenters. The Morgan fingerprint density at radius 1 is 1.00 bits per heavy atom. The molecule has 104 valence electrons. The van der Waals surface area contributed by atoms with Crippen LogP contribution in [0, 0.1) is 11.5 Å². The normalized spacial score (nSPS) is 11.2. The highest BCUT2D eigenvalue weighted by Crippen LogP contribution is 2.29. The summed E-state index contributed by atoms with van der Waals surface area (Å²) in [6.07, 6.45) is 2.13. The standard InChI is InChI=1S/C18H15NO2/c1-2-16(14-9-5-3-6-10-14)17(18(20)21-13-19)15-11-7-4-8-12-15/h3-12H,2H2,1H3. The Labute approximate surface area is 124 Å². The van der Waals surface area contributed by atoms with Crippen LogP contribution in [-0.2, 0) is 9.53 Å². The maximum Gasteiger partial charge on any atom is 0.354 e. The average molecular weight is 277 g/mol. The highest BCUT2D eigenvalue weighted by atomic mass is 16.5. The predicted octanol–water partition coefficient (Wildman–Crippen LogP) is 4.03. The van der Waals surface area contributed by atoms with E-state index in [-0.39, 0.29) is 0 Å². The van der Waals surface area contributed by atoms with E-state index in [1.54, 1.807) is 0 Å². The lowest BCUT2D eigenvalue weighted by atomic mass is 9.93. The van der Waals surface area contributed by atoms with Gasteiger partial charge < -0.3 is 4.74 Å². The van der Waals surface area contributed by atoms with Crippen molar-refractivity contribution < 1.29 is 9.53 Å². The molecule has 0 radical (unpaired) electrons. The van der Waals surface area contributed by atoms with Crippen LogP contribution < -0.4 is 0 Å². The molecule has 0 bridgehead atoms. The number of hydrogen-bond acceptors (Lipinski definition) is 3. The van der Waals surface area contributed by atoms with E-state index in [1.165, 1.54) is 6.26 Å². The summed E-state index contributed by atoms with van der Waals surface area (Å²) in [6, 6.07) is 18.9. The topological polar surface area (TPSA) is 50.1 Å². The van der Waals surface area contributed by atoms with Gasteiger partial charge in [0.25, 0.3) is 6.26 Å². The lowest BCUT2D eigenvalue weighted by Gasteiger charge is -2.12. The first-order valence-electron chi connectivity index (χ1n) is 6.72. The Morgan fingerprint density at radius 2 is 1.52 bits per heavy atom. The monoisotopic (exact) mass is 277 g/mol. The lowest BCUT2D eigenvalue weighted by molar-refractivity contribution is -0.130. The van der Waals surface area contributed by atoms with Gasteiger partial charge in [-0.15, -0.1) is 5.26 Å². The largest absolute Gasteiger partial charge is 0.354 e. The van der Waals surface area contributed by atoms with Gasteiger partial charge in [0.05, 0.1) is 5.57 Å². The summed E-state index contributed by atoms with van der Waals surface area (Å²) in [5.74, 6) is -0.621. The minimum atomic E-state index is -0.621. The third-order valence-electron chi connectivity index (χ3n) is 3.18. The molecule has 0 saturated carbocycles. The van der Waals surface area contributed by atoms with E-state index in [1.807, 2.05) is 67.6 Å².